The molecule has 5 aliphatic rings. The van der Waals surface area contributed by atoms with Crippen LogP contribution in [0.2, 0.25) is 0 Å². The van der Waals surface area contributed by atoms with Gasteiger partial charge >= 0.3 is 11.9 Å². The number of allylic oxidation sites excluding steroid dienone is 2. The van der Waals surface area contributed by atoms with E-state index in [0.717, 1.165) is 25.7 Å². The van der Waals surface area contributed by atoms with Crippen LogP contribution in [0.5, 0.6) is 0 Å². The minimum Gasteiger partial charge on any atom is -0.465 e. The molecule has 5 fully saturated rings. The number of fused-ring (bicyclic) bond motifs is 3. The average molecular weight is 429 g/mol. The molecule has 0 aromatic rings. The van der Waals surface area contributed by atoms with E-state index >= 15 is 0 Å². The zero-order valence-corrected chi connectivity index (χ0v) is 18.8. The fourth-order valence-electron chi connectivity index (χ4n) is 7.62. The summed E-state index contributed by atoms with van der Waals surface area (Å²) in [5.74, 6) is -1.55. The molecule has 0 aliphatic heterocycles. The van der Waals surface area contributed by atoms with Gasteiger partial charge in [0.1, 0.15) is 0 Å². The molecule has 6 atom stereocenters. The number of hydrogen-bond acceptors (Lipinski definition) is 6. The highest BCUT2D eigenvalue weighted by molar-refractivity contribution is 6.21. The molecule has 6 nitrogen and oxygen atoms in total. The highest BCUT2D eigenvalue weighted by Crippen LogP contribution is 2.71. The summed E-state index contributed by atoms with van der Waals surface area (Å²) in [6.07, 6.45) is 4.33. The van der Waals surface area contributed by atoms with Crippen LogP contribution in [0.15, 0.2) is 24.3 Å². The lowest BCUT2D eigenvalue weighted by atomic mass is 9.35. The summed E-state index contributed by atoms with van der Waals surface area (Å²) in [7, 11) is 0. The largest absolute Gasteiger partial charge is 0.465 e. The fourth-order valence-corrected chi connectivity index (χ4v) is 7.62. The Morgan fingerprint density at radius 2 is 1.58 bits per heavy atom. The van der Waals surface area contributed by atoms with E-state index in [4.69, 9.17) is 9.47 Å². The number of carbonyl (C=O) groups excluding carboxylic acids is 4. The Morgan fingerprint density at radius 1 is 0.968 bits per heavy atom. The third-order valence-corrected chi connectivity index (χ3v) is 8.74. The molecule has 0 heterocycles. The third kappa shape index (κ3) is 2.90. The summed E-state index contributed by atoms with van der Waals surface area (Å²) < 4.78 is 11.1. The Kier molecular flexibility index (Phi) is 5.06. The van der Waals surface area contributed by atoms with Crippen LogP contribution in [-0.2, 0) is 28.7 Å². The van der Waals surface area contributed by atoms with Crippen LogP contribution in [-0.4, -0.2) is 36.7 Å². The lowest BCUT2D eigenvalue weighted by Gasteiger charge is -2.67. The van der Waals surface area contributed by atoms with Gasteiger partial charge in [0.05, 0.1) is 18.6 Å². The van der Waals surface area contributed by atoms with Gasteiger partial charge in [-0.2, -0.15) is 0 Å². The summed E-state index contributed by atoms with van der Waals surface area (Å²) in [5.41, 5.74) is -1.27. The normalized spacial score (nSPS) is 41.5. The second-order valence-electron chi connectivity index (χ2n) is 10.4. The summed E-state index contributed by atoms with van der Waals surface area (Å²) in [4.78, 5) is 50.8. The SMILES string of the molecule is C=C1C(=O)C23CC[C@H](CC2[C@]2(COC(C)=O)CCC[C@@](C)(COC(C)=O)C12)C(=C)C3=O. The zero-order valence-electron chi connectivity index (χ0n) is 18.8. The lowest BCUT2D eigenvalue weighted by Crippen LogP contribution is -2.69. The van der Waals surface area contributed by atoms with Crippen LogP contribution in [0.4, 0.5) is 0 Å². The Balaban J connectivity index is 1.87. The molecule has 3 unspecified atom stereocenters. The monoisotopic (exact) mass is 428 g/mol. The van der Waals surface area contributed by atoms with Gasteiger partial charge in [-0.1, -0.05) is 26.5 Å². The first-order valence-electron chi connectivity index (χ1n) is 11.2. The molecule has 0 aromatic heterocycles. The number of rotatable bonds is 4. The van der Waals surface area contributed by atoms with E-state index in [2.05, 4.69) is 13.2 Å². The standard InChI is InChI=1S/C25H32O6/c1-14-18-7-10-25(21(14)28)19(11-18)24(13-31-17(4)27)9-6-8-23(5,12-30-16(3)26)20(24)15(2)22(25)29/h18-20H,1-2,6-13H2,3-5H3/t18-,19?,20?,23+,24-,25?/m1/s1. The van der Waals surface area contributed by atoms with Crippen LogP contribution in [0.1, 0.15) is 59.3 Å². The first kappa shape index (κ1) is 22.0. The average Bonchev–Trinajstić information content (AvgIpc) is 2.72. The van der Waals surface area contributed by atoms with Gasteiger partial charge < -0.3 is 9.47 Å². The van der Waals surface area contributed by atoms with E-state index in [0.29, 0.717) is 24.0 Å². The summed E-state index contributed by atoms with van der Waals surface area (Å²) in [6.45, 7) is 13.4. The van der Waals surface area contributed by atoms with Crippen LogP contribution < -0.4 is 0 Å². The van der Waals surface area contributed by atoms with Crippen molar-refractivity contribution in [3.8, 4) is 0 Å². The van der Waals surface area contributed by atoms with Crippen molar-refractivity contribution < 1.29 is 28.7 Å². The second kappa shape index (κ2) is 7.14. The lowest BCUT2D eigenvalue weighted by molar-refractivity contribution is -0.195. The Morgan fingerprint density at radius 3 is 2.23 bits per heavy atom. The van der Waals surface area contributed by atoms with Gasteiger partial charge in [0, 0.05) is 30.6 Å². The van der Waals surface area contributed by atoms with Gasteiger partial charge in [0.2, 0.25) is 0 Å². The molecule has 0 amide bonds. The van der Waals surface area contributed by atoms with Crippen molar-refractivity contribution in [1.29, 1.82) is 0 Å². The molecule has 5 saturated carbocycles. The van der Waals surface area contributed by atoms with Crippen molar-refractivity contribution in [2.24, 2.45) is 34.0 Å². The molecule has 0 saturated heterocycles. The maximum atomic E-state index is 13.9. The zero-order chi connectivity index (χ0) is 22.8. The Bertz CT molecular complexity index is 902. The first-order valence-corrected chi connectivity index (χ1v) is 11.2. The predicted octanol–water partition coefficient (Wildman–Crippen LogP) is 3.59. The van der Waals surface area contributed by atoms with Crippen molar-refractivity contribution in [3.05, 3.63) is 24.3 Å². The van der Waals surface area contributed by atoms with Gasteiger partial charge in [0.25, 0.3) is 0 Å². The number of hydrogen-bond donors (Lipinski definition) is 0. The van der Waals surface area contributed by atoms with Gasteiger partial charge in [-0.15, -0.1) is 0 Å². The molecule has 1 spiro atoms. The quantitative estimate of drug-likeness (QED) is 0.386. The number of carbonyl (C=O) groups is 4. The van der Waals surface area contributed by atoms with Crippen LogP contribution in [0.25, 0.3) is 0 Å². The third-order valence-electron chi connectivity index (χ3n) is 8.74. The summed E-state index contributed by atoms with van der Waals surface area (Å²) >= 11 is 0. The number of Topliss-reactive ketones (excluding diaryl/α,β-unsaturated/α-hetero) is 2. The highest BCUT2D eigenvalue weighted by atomic mass is 16.5. The molecule has 2 bridgehead atoms. The van der Waals surface area contributed by atoms with E-state index in [-0.39, 0.29) is 54.5 Å². The Hall–Kier alpha value is -2.24. The van der Waals surface area contributed by atoms with Crippen LogP contribution in [0.3, 0.4) is 0 Å². The molecule has 6 heteroatoms. The fraction of sp³-hybridized carbons (Fsp3) is 0.680. The summed E-state index contributed by atoms with van der Waals surface area (Å²) in [6, 6.07) is 0. The Labute approximate surface area is 183 Å². The molecule has 168 valence electrons. The molecule has 31 heavy (non-hydrogen) atoms. The van der Waals surface area contributed by atoms with Gasteiger partial charge in [0.15, 0.2) is 11.6 Å². The number of esters is 2. The van der Waals surface area contributed by atoms with Crippen LogP contribution >= 0.6 is 0 Å². The van der Waals surface area contributed by atoms with E-state index < -0.39 is 16.2 Å². The second-order valence-corrected chi connectivity index (χ2v) is 10.4. The maximum absolute atomic E-state index is 13.9. The van der Waals surface area contributed by atoms with Gasteiger partial charge in [-0.25, -0.2) is 0 Å². The van der Waals surface area contributed by atoms with Gasteiger partial charge in [-0.05, 0) is 55.1 Å². The van der Waals surface area contributed by atoms with Crippen LogP contribution in [0, 0.1) is 34.0 Å². The van der Waals surface area contributed by atoms with E-state index in [1.165, 1.54) is 13.8 Å². The molecule has 0 aromatic carbocycles. The molecular weight excluding hydrogens is 396 g/mol. The predicted molar refractivity (Wildman–Crippen MR) is 113 cm³/mol. The van der Waals surface area contributed by atoms with E-state index in [1.807, 2.05) is 6.92 Å². The maximum Gasteiger partial charge on any atom is 0.302 e. The molecule has 5 rings (SSSR count). The number of ketones is 2. The molecule has 5 aliphatic carbocycles. The highest BCUT2D eigenvalue weighted by Gasteiger charge is 2.73. The van der Waals surface area contributed by atoms with E-state index in [1.54, 1.807) is 0 Å². The van der Waals surface area contributed by atoms with Gasteiger partial charge in [-0.3, -0.25) is 19.2 Å². The summed E-state index contributed by atoms with van der Waals surface area (Å²) in [5, 5.41) is 0. The minimum absolute atomic E-state index is 0.0649. The molecule has 0 radical (unpaired) electrons. The van der Waals surface area contributed by atoms with Crippen molar-refractivity contribution in [2.75, 3.05) is 13.2 Å². The first-order chi connectivity index (χ1) is 14.5. The number of ether oxygens (including phenoxy) is 2. The topological polar surface area (TPSA) is 86.7 Å². The van der Waals surface area contributed by atoms with Crippen molar-refractivity contribution in [2.45, 2.75) is 59.3 Å². The smallest absolute Gasteiger partial charge is 0.302 e. The minimum atomic E-state index is -1.14. The van der Waals surface area contributed by atoms with Crippen molar-refractivity contribution in [1.82, 2.24) is 0 Å². The van der Waals surface area contributed by atoms with Crippen molar-refractivity contribution in [3.63, 3.8) is 0 Å². The van der Waals surface area contributed by atoms with Crippen molar-refractivity contribution >= 4 is 23.5 Å². The van der Waals surface area contributed by atoms with E-state index in [9.17, 15) is 19.2 Å². The molecular formula is C25H32O6. The molecule has 0 N–H and O–H groups in total.